The van der Waals surface area contributed by atoms with Crippen LogP contribution in [0.3, 0.4) is 0 Å². The van der Waals surface area contributed by atoms with E-state index in [2.05, 4.69) is 42.7 Å². The smallest absolute Gasteiger partial charge is 0.0931 e. The molecule has 0 bridgehead atoms. The average Bonchev–Trinajstić information content (AvgIpc) is 3.05. The molecule has 2 nitrogen and oxygen atoms in total. The van der Waals surface area contributed by atoms with Gasteiger partial charge in [-0.1, -0.05) is 31.5 Å². The maximum atomic E-state index is 9.59. The summed E-state index contributed by atoms with van der Waals surface area (Å²) in [6.07, 6.45) is 0.956. The molecular formula is C15H20ClNOS2. The van der Waals surface area contributed by atoms with Gasteiger partial charge in [-0.25, -0.2) is 0 Å². The molecule has 2 unspecified atom stereocenters. The van der Waals surface area contributed by atoms with Crippen LogP contribution < -0.4 is 5.32 Å². The van der Waals surface area contributed by atoms with E-state index in [4.69, 9.17) is 11.6 Å². The van der Waals surface area contributed by atoms with Gasteiger partial charge in [-0.05, 0) is 35.9 Å². The van der Waals surface area contributed by atoms with Crippen LogP contribution in [0.2, 0.25) is 4.34 Å². The van der Waals surface area contributed by atoms with Gasteiger partial charge in [0.15, 0.2) is 0 Å². The number of halogens is 1. The van der Waals surface area contributed by atoms with Gasteiger partial charge in [0.25, 0.3) is 0 Å². The van der Waals surface area contributed by atoms with Crippen LogP contribution in [0.4, 0.5) is 0 Å². The zero-order chi connectivity index (χ0) is 14.5. The molecule has 5 heteroatoms. The predicted molar refractivity (Wildman–Crippen MR) is 89.0 cm³/mol. The highest BCUT2D eigenvalue weighted by atomic mass is 35.5. The fourth-order valence-corrected chi connectivity index (χ4v) is 4.26. The van der Waals surface area contributed by atoms with Crippen molar-refractivity contribution in [3.8, 4) is 0 Å². The van der Waals surface area contributed by atoms with E-state index in [1.807, 2.05) is 6.07 Å². The molecule has 2 aromatic heterocycles. The molecule has 0 saturated carbocycles. The number of hydrogen-bond donors (Lipinski definition) is 2. The lowest BCUT2D eigenvalue weighted by molar-refractivity contribution is 0.218. The van der Waals surface area contributed by atoms with E-state index in [1.54, 1.807) is 22.7 Å². The SMILES string of the molecule is CC(C)CC(CO)NC(c1cccs1)c1ccc(Cl)s1. The second-order valence-electron chi connectivity index (χ2n) is 5.27. The van der Waals surface area contributed by atoms with Gasteiger partial charge in [0.05, 0.1) is 17.0 Å². The number of rotatable bonds is 7. The topological polar surface area (TPSA) is 32.3 Å². The van der Waals surface area contributed by atoms with Gasteiger partial charge in [-0.15, -0.1) is 22.7 Å². The maximum absolute atomic E-state index is 9.59. The summed E-state index contributed by atoms with van der Waals surface area (Å²) < 4.78 is 0.799. The Kier molecular flexibility index (Phi) is 6.05. The minimum atomic E-state index is 0.1000. The monoisotopic (exact) mass is 329 g/mol. The van der Waals surface area contributed by atoms with Crippen molar-refractivity contribution in [3.63, 3.8) is 0 Å². The highest BCUT2D eigenvalue weighted by Gasteiger charge is 2.21. The predicted octanol–water partition coefficient (Wildman–Crippen LogP) is 4.55. The third kappa shape index (κ3) is 4.30. The highest BCUT2D eigenvalue weighted by Crippen LogP contribution is 2.33. The molecule has 0 aromatic carbocycles. The third-order valence-electron chi connectivity index (χ3n) is 3.08. The Morgan fingerprint density at radius 2 is 2.05 bits per heavy atom. The van der Waals surface area contributed by atoms with Gasteiger partial charge < -0.3 is 5.11 Å². The van der Waals surface area contributed by atoms with Crippen LogP contribution in [-0.2, 0) is 0 Å². The van der Waals surface area contributed by atoms with Gasteiger partial charge in [0.1, 0.15) is 0 Å². The largest absolute Gasteiger partial charge is 0.395 e. The molecular weight excluding hydrogens is 310 g/mol. The first-order valence-electron chi connectivity index (χ1n) is 6.75. The molecule has 0 aliphatic rings. The normalized spacial score (nSPS) is 14.7. The summed E-state index contributed by atoms with van der Waals surface area (Å²) in [7, 11) is 0. The lowest BCUT2D eigenvalue weighted by Crippen LogP contribution is -2.36. The van der Waals surface area contributed by atoms with Crippen molar-refractivity contribution in [1.82, 2.24) is 5.32 Å². The molecule has 20 heavy (non-hydrogen) atoms. The van der Waals surface area contributed by atoms with Gasteiger partial charge in [-0.3, -0.25) is 5.32 Å². The molecule has 0 saturated heterocycles. The molecule has 110 valence electrons. The zero-order valence-corrected chi connectivity index (χ0v) is 14.1. The molecule has 0 fully saturated rings. The molecule has 0 aliphatic heterocycles. The number of hydrogen-bond acceptors (Lipinski definition) is 4. The van der Waals surface area contributed by atoms with Crippen molar-refractivity contribution < 1.29 is 5.11 Å². The first-order chi connectivity index (χ1) is 9.60. The Morgan fingerprint density at radius 3 is 2.55 bits per heavy atom. The lowest BCUT2D eigenvalue weighted by Gasteiger charge is -2.24. The van der Waals surface area contributed by atoms with Gasteiger partial charge in [0.2, 0.25) is 0 Å². The number of thiophene rings is 2. The van der Waals surface area contributed by atoms with Crippen LogP contribution in [0.25, 0.3) is 0 Å². The quantitative estimate of drug-likeness (QED) is 0.781. The van der Waals surface area contributed by atoms with Crippen molar-refractivity contribution in [2.24, 2.45) is 5.92 Å². The summed E-state index contributed by atoms with van der Waals surface area (Å²) in [5.41, 5.74) is 0. The van der Waals surface area contributed by atoms with E-state index in [-0.39, 0.29) is 18.7 Å². The third-order valence-corrected chi connectivity index (χ3v) is 5.32. The summed E-state index contributed by atoms with van der Waals surface area (Å²) in [6, 6.07) is 8.39. The van der Waals surface area contributed by atoms with E-state index in [0.29, 0.717) is 5.92 Å². The molecule has 2 heterocycles. The zero-order valence-electron chi connectivity index (χ0n) is 11.7. The minimum Gasteiger partial charge on any atom is -0.395 e. The summed E-state index contributed by atoms with van der Waals surface area (Å²) >= 11 is 9.38. The second-order valence-corrected chi connectivity index (χ2v) is 7.99. The summed E-state index contributed by atoms with van der Waals surface area (Å²) in [6.45, 7) is 4.50. The van der Waals surface area contributed by atoms with E-state index in [0.717, 1.165) is 10.8 Å². The standard InChI is InChI=1S/C15H20ClNOS2/c1-10(2)8-11(9-18)17-15(12-4-3-7-19-12)13-5-6-14(16)20-13/h3-7,10-11,15,17-18H,8-9H2,1-2H3. The van der Waals surface area contributed by atoms with Crippen molar-refractivity contribution in [1.29, 1.82) is 0 Å². The molecule has 0 radical (unpaired) electrons. The van der Waals surface area contributed by atoms with Gasteiger partial charge in [0, 0.05) is 15.8 Å². The van der Waals surface area contributed by atoms with E-state index in [1.165, 1.54) is 9.75 Å². The summed E-state index contributed by atoms with van der Waals surface area (Å²) in [4.78, 5) is 2.45. The van der Waals surface area contributed by atoms with Crippen molar-refractivity contribution >= 4 is 34.3 Å². The van der Waals surface area contributed by atoms with E-state index in [9.17, 15) is 5.11 Å². The van der Waals surface area contributed by atoms with E-state index >= 15 is 0 Å². The Morgan fingerprint density at radius 1 is 1.25 bits per heavy atom. The van der Waals surface area contributed by atoms with Crippen molar-refractivity contribution in [2.45, 2.75) is 32.4 Å². The number of aliphatic hydroxyl groups is 1. The fourth-order valence-electron chi connectivity index (χ4n) is 2.24. The maximum Gasteiger partial charge on any atom is 0.0931 e. The number of nitrogens with one attached hydrogen (secondary N) is 1. The van der Waals surface area contributed by atoms with Crippen LogP contribution in [0.1, 0.15) is 36.1 Å². The van der Waals surface area contributed by atoms with Gasteiger partial charge >= 0.3 is 0 Å². The molecule has 2 atom stereocenters. The van der Waals surface area contributed by atoms with Crippen molar-refractivity contribution in [2.75, 3.05) is 6.61 Å². The van der Waals surface area contributed by atoms with E-state index < -0.39 is 0 Å². The summed E-state index contributed by atoms with van der Waals surface area (Å²) in [5, 5.41) is 15.2. The molecule has 2 rings (SSSR count). The van der Waals surface area contributed by atoms with Crippen molar-refractivity contribution in [3.05, 3.63) is 43.7 Å². The Hall–Kier alpha value is -0.390. The van der Waals surface area contributed by atoms with Crippen LogP contribution >= 0.6 is 34.3 Å². The Bertz CT molecular complexity index is 510. The molecule has 0 amide bonds. The Labute approximate surface area is 133 Å². The second kappa shape index (κ2) is 7.57. The van der Waals surface area contributed by atoms with Crippen LogP contribution in [0.15, 0.2) is 29.6 Å². The first kappa shape index (κ1) is 16.0. The van der Waals surface area contributed by atoms with Gasteiger partial charge in [-0.2, -0.15) is 0 Å². The molecule has 2 aromatic rings. The van der Waals surface area contributed by atoms with Crippen LogP contribution in [0.5, 0.6) is 0 Å². The Balaban J connectivity index is 2.19. The van der Waals surface area contributed by atoms with Crippen LogP contribution in [0, 0.1) is 5.92 Å². The van der Waals surface area contributed by atoms with Crippen LogP contribution in [-0.4, -0.2) is 17.8 Å². The highest BCUT2D eigenvalue weighted by molar-refractivity contribution is 7.16. The minimum absolute atomic E-state index is 0.1000. The first-order valence-corrected chi connectivity index (χ1v) is 8.83. The average molecular weight is 330 g/mol. The lowest BCUT2D eigenvalue weighted by atomic mass is 10.0. The molecule has 0 aliphatic carbocycles. The summed E-state index contributed by atoms with van der Waals surface area (Å²) in [5.74, 6) is 0.551. The number of aliphatic hydroxyl groups excluding tert-OH is 1. The molecule has 0 spiro atoms. The molecule has 2 N–H and O–H groups in total. The fraction of sp³-hybridized carbons (Fsp3) is 0.467.